The number of nitrogens with zero attached hydrogens (tertiary/aromatic N) is 2. The van der Waals surface area contributed by atoms with Gasteiger partial charge in [-0.05, 0) is 43.0 Å². The summed E-state index contributed by atoms with van der Waals surface area (Å²) >= 11 is 1.46. The van der Waals surface area contributed by atoms with Gasteiger partial charge in [0.1, 0.15) is 6.54 Å². The van der Waals surface area contributed by atoms with E-state index >= 15 is 0 Å². The highest BCUT2D eigenvalue weighted by molar-refractivity contribution is 7.14. The lowest BCUT2D eigenvalue weighted by molar-refractivity contribution is -0.122. The fourth-order valence-electron chi connectivity index (χ4n) is 3.04. The maximum Gasteiger partial charge on any atom is 0.279 e. The monoisotopic (exact) mass is 368 g/mol. The maximum absolute atomic E-state index is 12.4. The van der Waals surface area contributed by atoms with Crippen molar-refractivity contribution in [3.8, 4) is 0 Å². The first-order valence-electron chi connectivity index (χ1n) is 8.27. The molecule has 132 valence electrons. The number of rotatable bonds is 3. The summed E-state index contributed by atoms with van der Waals surface area (Å²) in [5.41, 5.74) is 6.25. The zero-order valence-electron chi connectivity index (χ0n) is 13.8. The summed E-state index contributed by atoms with van der Waals surface area (Å²) in [6.45, 7) is -0.224. The molecule has 0 bridgehead atoms. The number of para-hydroxylation sites is 1. The summed E-state index contributed by atoms with van der Waals surface area (Å²) in [6, 6.07) is 8.82. The minimum absolute atomic E-state index is 0.224. The molecule has 0 unspecified atom stereocenters. The highest BCUT2D eigenvalue weighted by Crippen LogP contribution is 2.30. The Morgan fingerprint density at radius 2 is 2.04 bits per heavy atom. The van der Waals surface area contributed by atoms with Crippen LogP contribution in [-0.2, 0) is 24.2 Å². The van der Waals surface area contributed by atoms with Gasteiger partial charge in [-0.25, -0.2) is 4.98 Å². The second kappa shape index (κ2) is 6.72. The molecule has 26 heavy (non-hydrogen) atoms. The Labute approximate surface area is 152 Å². The molecule has 3 aromatic rings. The molecular weight excluding hydrogens is 352 g/mol. The van der Waals surface area contributed by atoms with Gasteiger partial charge in [0.2, 0.25) is 0 Å². The Hall–Kier alpha value is -3.00. The van der Waals surface area contributed by atoms with Crippen LogP contribution in [0, 0.1) is 0 Å². The van der Waals surface area contributed by atoms with Crippen LogP contribution in [0.1, 0.15) is 26.5 Å². The van der Waals surface area contributed by atoms with Crippen LogP contribution >= 0.6 is 11.3 Å². The number of aromatic nitrogens is 2. The first-order chi connectivity index (χ1) is 12.6. The predicted octanol–water partition coefficient (Wildman–Crippen LogP) is 1.41. The minimum atomic E-state index is -0.498. The molecule has 1 aliphatic rings. The van der Waals surface area contributed by atoms with Crippen LogP contribution in [0.4, 0.5) is 0 Å². The number of hydrogen-bond acceptors (Lipinski definition) is 5. The van der Waals surface area contributed by atoms with Crippen LogP contribution in [0.5, 0.6) is 0 Å². The third kappa shape index (κ3) is 3.11. The fraction of sp³-hybridized carbons (Fsp3) is 0.222. The molecular formula is C18H16N4O3S. The molecule has 0 aliphatic heterocycles. The van der Waals surface area contributed by atoms with E-state index in [4.69, 9.17) is 0 Å². The molecule has 0 spiro atoms. The van der Waals surface area contributed by atoms with Crippen LogP contribution in [0.3, 0.4) is 0 Å². The molecule has 0 saturated carbocycles. The zero-order valence-corrected chi connectivity index (χ0v) is 14.6. The van der Waals surface area contributed by atoms with E-state index in [1.54, 1.807) is 24.3 Å². The van der Waals surface area contributed by atoms with Crippen molar-refractivity contribution < 1.29 is 9.59 Å². The Morgan fingerprint density at radius 3 is 2.88 bits per heavy atom. The Kier molecular flexibility index (Phi) is 4.26. The smallest absolute Gasteiger partial charge is 0.279 e. The molecule has 0 saturated heterocycles. The molecule has 2 heterocycles. The SMILES string of the molecule is O=C(Cn1cnc2ccccc2c1=O)NNC(=O)c1cc2c(s1)CCC2. The summed E-state index contributed by atoms with van der Waals surface area (Å²) in [7, 11) is 0. The zero-order chi connectivity index (χ0) is 18.1. The van der Waals surface area contributed by atoms with Crippen molar-refractivity contribution in [3.63, 3.8) is 0 Å². The van der Waals surface area contributed by atoms with E-state index in [9.17, 15) is 14.4 Å². The minimum Gasteiger partial charge on any atom is -0.289 e. The number of carbonyl (C=O) groups excluding carboxylic acids is 2. The number of hydrogen-bond donors (Lipinski definition) is 2. The maximum atomic E-state index is 12.4. The van der Waals surface area contributed by atoms with Crippen LogP contribution in [0.2, 0.25) is 0 Å². The summed E-state index contributed by atoms with van der Waals surface area (Å²) in [6.07, 6.45) is 4.48. The quantitative estimate of drug-likeness (QED) is 0.684. The van der Waals surface area contributed by atoms with E-state index in [-0.39, 0.29) is 18.0 Å². The molecule has 4 rings (SSSR count). The Balaban J connectivity index is 1.40. The van der Waals surface area contributed by atoms with Crippen molar-refractivity contribution >= 4 is 34.1 Å². The van der Waals surface area contributed by atoms with Crippen LogP contribution in [-0.4, -0.2) is 21.4 Å². The largest absolute Gasteiger partial charge is 0.289 e. The predicted molar refractivity (Wildman–Crippen MR) is 98.0 cm³/mol. The van der Waals surface area contributed by atoms with E-state index in [0.29, 0.717) is 15.8 Å². The summed E-state index contributed by atoms with van der Waals surface area (Å²) in [5.74, 6) is -0.844. The number of amides is 2. The van der Waals surface area contributed by atoms with E-state index in [0.717, 1.165) is 19.3 Å². The molecule has 0 radical (unpaired) electrons. The van der Waals surface area contributed by atoms with Crippen molar-refractivity contribution in [1.82, 2.24) is 20.4 Å². The number of nitrogens with one attached hydrogen (secondary N) is 2. The van der Waals surface area contributed by atoms with Gasteiger partial charge in [0, 0.05) is 4.88 Å². The fourth-order valence-corrected chi connectivity index (χ4v) is 4.19. The van der Waals surface area contributed by atoms with Gasteiger partial charge in [-0.15, -0.1) is 11.3 Å². The number of hydrazine groups is 1. The van der Waals surface area contributed by atoms with Crippen molar-refractivity contribution in [2.45, 2.75) is 25.8 Å². The lowest BCUT2D eigenvalue weighted by atomic mass is 10.2. The number of thiophene rings is 1. The number of aryl methyl sites for hydroxylation is 2. The Bertz CT molecular complexity index is 1050. The highest BCUT2D eigenvalue weighted by Gasteiger charge is 2.18. The number of benzene rings is 1. The van der Waals surface area contributed by atoms with Gasteiger partial charge in [-0.3, -0.25) is 29.8 Å². The molecule has 1 aromatic carbocycles. The summed E-state index contributed by atoms with van der Waals surface area (Å²) in [4.78, 5) is 42.6. The lowest BCUT2D eigenvalue weighted by Gasteiger charge is -2.08. The van der Waals surface area contributed by atoms with E-state index in [1.807, 2.05) is 6.07 Å². The summed E-state index contributed by atoms with van der Waals surface area (Å²) < 4.78 is 1.21. The van der Waals surface area contributed by atoms with Gasteiger partial charge in [0.25, 0.3) is 17.4 Å². The van der Waals surface area contributed by atoms with E-state index in [1.165, 1.54) is 32.7 Å². The molecule has 2 amide bonds. The molecule has 0 atom stereocenters. The van der Waals surface area contributed by atoms with Crippen molar-refractivity contribution in [3.05, 3.63) is 62.3 Å². The van der Waals surface area contributed by atoms with Crippen LogP contribution < -0.4 is 16.4 Å². The third-order valence-corrected chi connectivity index (χ3v) is 5.57. The topological polar surface area (TPSA) is 93.1 Å². The van der Waals surface area contributed by atoms with E-state index in [2.05, 4.69) is 15.8 Å². The average Bonchev–Trinajstić information content (AvgIpc) is 3.24. The standard InChI is InChI=1S/C18H16N4O3S/c23-16(9-22-10-19-13-6-2-1-5-12(13)18(22)25)20-21-17(24)15-8-11-4-3-7-14(11)26-15/h1-2,5-6,8,10H,3-4,7,9H2,(H,20,23)(H,21,24). The summed E-state index contributed by atoms with van der Waals surface area (Å²) in [5, 5.41) is 0.444. The molecule has 8 heteroatoms. The molecule has 2 aromatic heterocycles. The molecule has 7 nitrogen and oxygen atoms in total. The number of carbonyl (C=O) groups is 2. The van der Waals surface area contributed by atoms with Gasteiger partial charge < -0.3 is 0 Å². The van der Waals surface area contributed by atoms with Gasteiger partial charge >= 0.3 is 0 Å². The van der Waals surface area contributed by atoms with Gasteiger partial charge in [0.15, 0.2) is 0 Å². The molecule has 0 fully saturated rings. The van der Waals surface area contributed by atoms with Gasteiger partial charge in [-0.2, -0.15) is 0 Å². The van der Waals surface area contributed by atoms with Crippen molar-refractivity contribution in [2.24, 2.45) is 0 Å². The number of fused-ring (bicyclic) bond motifs is 2. The molecule has 2 N–H and O–H groups in total. The molecule has 1 aliphatic carbocycles. The third-order valence-electron chi connectivity index (χ3n) is 4.33. The average molecular weight is 368 g/mol. The second-order valence-corrected chi connectivity index (χ2v) is 7.25. The lowest BCUT2D eigenvalue weighted by Crippen LogP contribution is -2.44. The van der Waals surface area contributed by atoms with Crippen LogP contribution in [0.15, 0.2) is 41.5 Å². The van der Waals surface area contributed by atoms with Gasteiger partial charge in [0.05, 0.1) is 22.1 Å². The second-order valence-electron chi connectivity index (χ2n) is 6.11. The normalized spacial score (nSPS) is 12.8. The van der Waals surface area contributed by atoms with Crippen molar-refractivity contribution in [1.29, 1.82) is 0 Å². The van der Waals surface area contributed by atoms with E-state index < -0.39 is 5.91 Å². The highest BCUT2D eigenvalue weighted by atomic mass is 32.1. The van der Waals surface area contributed by atoms with Gasteiger partial charge in [-0.1, -0.05) is 12.1 Å². The Morgan fingerprint density at radius 1 is 1.19 bits per heavy atom. The first kappa shape index (κ1) is 16.5. The first-order valence-corrected chi connectivity index (χ1v) is 9.08. The van der Waals surface area contributed by atoms with Crippen LogP contribution in [0.25, 0.3) is 10.9 Å². The van der Waals surface area contributed by atoms with Crippen molar-refractivity contribution in [2.75, 3.05) is 0 Å².